The maximum absolute atomic E-state index is 11.9. The number of esters is 1. The second-order valence-corrected chi connectivity index (χ2v) is 4.70. The van der Waals surface area contributed by atoms with Crippen molar-refractivity contribution in [2.75, 3.05) is 25.4 Å². The highest BCUT2D eigenvalue weighted by atomic mass is 16.5. The standard InChI is InChI=1S/C14H18N2O3/c1-10-5-4-6-11(13(10)15)14(18)19-9-12(17)16-7-2-3-8-16/h4-6H,2-3,7-9,15H2,1H3. The monoisotopic (exact) mass is 262 g/mol. The normalized spacial score (nSPS) is 14.5. The van der Waals surface area contributed by atoms with Crippen LogP contribution in [0.3, 0.4) is 0 Å². The van der Waals surface area contributed by atoms with Gasteiger partial charge in [0.1, 0.15) is 0 Å². The van der Waals surface area contributed by atoms with Crippen LogP contribution in [0.4, 0.5) is 5.69 Å². The van der Waals surface area contributed by atoms with Gasteiger partial charge in [-0.05, 0) is 31.4 Å². The summed E-state index contributed by atoms with van der Waals surface area (Å²) in [4.78, 5) is 25.3. The molecule has 1 heterocycles. The van der Waals surface area contributed by atoms with E-state index in [1.165, 1.54) is 0 Å². The molecule has 0 bridgehead atoms. The van der Waals surface area contributed by atoms with Crippen molar-refractivity contribution in [1.29, 1.82) is 0 Å². The molecule has 1 aromatic carbocycles. The Morgan fingerprint density at radius 2 is 2.00 bits per heavy atom. The smallest absolute Gasteiger partial charge is 0.340 e. The highest BCUT2D eigenvalue weighted by Crippen LogP contribution is 2.17. The fourth-order valence-corrected chi connectivity index (χ4v) is 2.12. The second kappa shape index (κ2) is 5.73. The highest BCUT2D eigenvalue weighted by Gasteiger charge is 2.20. The quantitative estimate of drug-likeness (QED) is 0.659. The lowest BCUT2D eigenvalue weighted by molar-refractivity contribution is -0.133. The van der Waals surface area contributed by atoms with E-state index in [4.69, 9.17) is 10.5 Å². The molecule has 5 nitrogen and oxygen atoms in total. The van der Waals surface area contributed by atoms with Gasteiger partial charge in [-0.3, -0.25) is 4.79 Å². The van der Waals surface area contributed by atoms with Crippen molar-refractivity contribution in [3.63, 3.8) is 0 Å². The first-order valence-corrected chi connectivity index (χ1v) is 6.39. The molecule has 1 amide bonds. The van der Waals surface area contributed by atoms with Crippen LogP contribution in [0.25, 0.3) is 0 Å². The molecule has 19 heavy (non-hydrogen) atoms. The number of nitrogen functional groups attached to an aromatic ring is 1. The lowest BCUT2D eigenvalue weighted by atomic mass is 10.1. The van der Waals surface area contributed by atoms with Crippen molar-refractivity contribution in [2.24, 2.45) is 0 Å². The number of rotatable bonds is 3. The molecule has 0 radical (unpaired) electrons. The first kappa shape index (κ1) is 13.4. The van der Waals surface area contributed by atoms with Crippen molar-refractivity contribution in [2.45, 2.75) is 19.8 Å². The largest absolute Gasteiger partial charge is 0.452 e. The van der Waals surface area contributed by atoms with Crippen LogP contribution in [0, 0.1) is 6.92 Å². The van der Waals surface area contributed by atoms with Crippen LogP contribution < -0.4 is 5.73 Å². The maximum atomic E-state index is 11.9. The Hall–Kier alpha value is -2.04. The van der Waals surface area contributed by atoms with E-state index in [2.05, 4.69) is 0 Å². The molecular formula is C14H18N2O3. The van der Waals surface area contributed by atoms with Crippen LogP contribution in [0.15, 0.2) is 18.2 Å². The number of nitrogens with zero attached hydrogens (tertiary/aromatic N) is 1. The Labute approximate surface area is 112 Å². The number of hydrogen-bond donors (Lipinski definition) is 1. The molecule has 1 aromatic rings. The summed E-state index contributed by atoms with van der Waals surface area (Å²) in [5.74, 6) is -0.689. The predicted molar refractivity (Wildman–Crippen MR) is 71.7 cm³/mol. The van der Waals surface area contributed by atoms with E-state index in [1.807, 2.05) is 13.0 Å². The SMILES string of the molecule is Cc1cccc(C(=O)OCC(=O)N2CCCC2)c1N. The van der Waals surface area contributed by atoms with Gasteiger partial charge in [0.05, 0.1) is 5.56 Å². The van der Waals surface area contributed by atoms with Gasteiger partial charge in [0.15, 0.2) is 6.61 Å². The molecule has 0 aromatic heterocycles. The molecule has 2 N–H and O–H groups in total. The minimum Gasteiger partial charge on any atom is -0.452 e. The second-order valence-electron chi connectivity index (χ2n) is 4.70. The third kappa shape index (κ3) is 3.05. The van der Waals surface area contributed by atoms with E-state index < -0.39 is 5.97 Å². The van der Waals surface area contributed by atoms with Gasteiger partial charge >= 0.3 is 5.97 Å². The number of aryl methyl sites for hydroxylation is 1. The number of likely N-dealkylation sites (tertiary alicyclic amines) is 1. The number of anilines is 1. The summed E-state index contributed by atoms with van der Waals surface area (Å²) in [5.41, 5.74) is 7.35. The molecule has 2 rings (SSSR count). The van der Waals surface area contributed by atoms with E-state index >= 15 is 0 Å². The van der Waals surface area contributed by atoms with Crippen LogP contribution in [0.1, 0.15) is 28.8 Å². The number of benzene rings is 1. The first-order valence-electron chi connectivity index (χ1n) is 6.39. The Kier molecular flexibility index (Phi) is 4.04. The van der Waals surface area contributed by atoms with Crippen LogP contribution >= 0.6 is 0 Å². The summed E-state index contributed by atoms with van der Waals surface area (Å²) in [6.07, 6.45) is 2.04. The molecular weight excluding hydrogens is 244 g/mol. The van der Waals surface area contributed by atoms with E-state index in [-0.39, 0.29) is 12.5 Å². The van der Waals surface area contributed by atoms with E-state index in [1.54, 1.807) is 17.0 Å². The molecule has 1 aliphatic heterocycles. The predicted octanol–water partition coefficient (Wildman–Crippen LogP) is 1.36. The van der Waals surface area contributed by atoms with Crippen molar-refractivity contribution < 1.29 is 14.3 Å². The fourth-order valence-electron chi connectivity index (χ4n) is 2.12. The average molecular weight is 262 g/mol. The number of para-hydroxylation sites is 1. The number of amides is 1. The van der Waals surface area contributed by atoms with Gasteiger partial charge in [-0.25, -0.2) is 4.79 Å². The molecule has 0 aliphatic carbocycles. The number of hydrogen-bond acceptors (Lipinski definition) is 4. The third-order valence-electron chi connectivity index (χ3n) is 3.33. The van der Waals surface area contributed by atoms with Gasteiger partial charge in [-0.15, -0.1) is 0 Å². The Morgan fingerprint density at radius 3 is 2.68 bits per heavy atom. The lowest BCUT2D eigenvalue weighted by Crippen LogP contribution is -2.32. The maximum Gasteiger partial charge on any atom is 0.340 e. The molecule has 1 aliphatic rings. The highest BCUT2D eigenvalue weighted by molar-refractivity contribution is 5.96. The fraction of sp³-hybridized carbons (Fsp3) is 0.429. The number of carbonyl (C=O) groups is 2. The third-order valence-corrected chi connectivity index (χ3v) is 3.33. The first-order chi connectivity index (χ1) is 9.09. The van der Waals surface area contributed by atoms with Gasteiger partial charge in [-0.2, -0.15) is 0 Å². The molecule has 5 heteroatoms. The number of nitrogens with two attached hydrogens (primary N) is 1. The molecule has 0 spiro atoms. The zero-order valence-corrected chi connectivity index (χ0v) is 11.0. The van der Waals surface area contributed by atoms with Crippen molar-refractivity contribution in [3.05, 3.63) is 29.3 Å². The summed E-state index contributed by atoms with van der Waals surface area (Å²) in [5, 5.41) is 0. The molecule has 0 atom stereocenters. The molecule has 1 saturated heterocycles. The van der Waals surface area contributed by atoms with Crippen LogP contribution in [0.5, 0.6) is 0 Å². The van der Waals surface area contributed by atoms with Gasteiger partial charge in [0, 0.05) is 18.8 Å². The van der Waals surface area contributed by atoms with E-state index in [0.717, 1.165) is 31.5 Å². The zero-order chi connectivity index (χ0) is 13.8. The van der Waals surface area contributed by atoms with Crippen LogP contribution in [-0.4, -0.2) is 36.5 Å². The van der Waals surface area contributed by atoms with E-state index in [9.17, 15) is 9.59 Å². The zero-order valence-electron chi connectivity index (χ0n) is 11.0. The number of ether oxygens (including phenoxy) is 1. The van der Waals surface area contributed by atoms with Gasteiger partial charge in [0.2, 0.25) is 0 Å². The lowest BCUT2D eigenvalue weighted by Gasteiger charge is -2.15. The number of carbonyl (C=O) groups excluding carboxylic acids is 2. The summed E-state index contributed by atoms with van der Waals surface area (Å²) in [6, 6.07) is 5.16. The summed E-state index contributed by atoms with van der Waals surface area (Å²) < 4.78 is 5.03. The van der Waals surface area contributed by atoms with Crippen LogP contribution in [-0.2, 0) is 9.53 Å². The van der Waals surface area contributed by atoms with Gasteiger partial charge < -0.3 is 15.4 Å². The van der Waals surface area contributed by atoms with E-state index in [0.29, 0.717) is 11.3 Å². The Morgan fingerprint density at radius 1 is 1.32 bits per heavy atom. The Bertz CT molecular complexity index is 493. The molecule has 102 valence electrons. The molecule has 1 fully saturated rings. The van der Waals surface area contributed by atoms with Crippen molar-refractivity contribution in [3.8, 4) is 0 Å². The van der Waals surface area contributed by atoms with Crippen molar-refractivity contribution >= 4 is 17.6 Å². The summed E-state index contributed by atoms with van der Waals surface area (Å²) in [7, 11) is 0. The Balaban J connectivity index is 1.94. The molecule has 0 unspecified atom stereocenters. The average Bonchev–Trinajstić information content (AvgIpc) is 2.93. The summed E-state index contributed by atoms with van der Waals surface area (Å²) in [6.45, 7) is 3.11. The minimum absolute atomic E-state index is 0.142. The minimum atomic E-state index is -0.547. The summed E-state index contributed by atoms with van der Waals surface area (Å²) >= 11 is 0. The van der Waals surface area contributed by atoms with Gasteiger partial charge in [0.25, 0.3) is 5.91 Å². The van der Waals surface area contributed by atoms with Crippen molar-refractivity contribution in [1.82, 2.24) is 4.90 Å². The molecule has 0 saturated carbocycles. The van der Waals surface area contributed by atoms with Crippen LogP contribution in [0.2, 0.25) is 0 Å². The van der Waals surface area contributed by atoms with Gasteiger partial charge in [-0.1, -0.05) is 12.1 Å². The topological polar surface area (TPSA) is 72.6 Å².